The molecule has 1 atom stereocenters. The number of hydrogen-bond acceptors (Lipinski definition) is 5. The zero-order chi connectivity index (χ0) is 22.1. The quantitative estimate of drug-likeness (QED) is 0.642. The van der Waals surface area contributed by atoms with Crippen LogP contribution in [0.1, 0.15) is 37.4 Å². The Bertz CT molecular complexity index is 1180. The molecule has 3 aromatic rings. The summed E-state index contributed by atoms with van der Waals surface area (Å²) in [6.07, 6.45) is 1.68. The van der Waals surface area contributed by atoms with Gasteiger partial charge >= 0.3 is 5.69 Å². The van der Waals surface area contributed by atoms with Gasteiger partial charge in [-0.3, -0.25) is 14.3 Å². The van der Waals surface area contributed by atoms with Gasteiger partial charge in [-0.25, -0.2) is 4.79 Å². The van der Waals surface area contributed by atoms with Crippen LogP contribution in [-0.2, 0) is 4.79 Å². The van der Waals surface area contributed by atoms with Crippen LogP contribution in [0.5, 0.6) is 11.5 Å². The van der Waals surface area contributed by atoms with Crippen molar-refractivity contribution in [3.8, 4) is 11.5 Å². The highest BCUT2D eigenvalue weighted by Crippen LogP contribution is 2.32. The Morgan fingerprint density at radius 3 is 2.69 bits per heavy atom. The molecular weight excluding hydrogens is 408 g/mol. The van der Waals surface area contributed by atoms with Crippen molar-refractivity contribution in [3.05, 3.63) is 58.5 Å². The number of nitrogens with zero attached hydrogens (tertiary/aromatic N) is 2. The normalized spacial score (nSPS) is 17.9. The van der Waals surface area contributed by atoms with E-state index in [2.05, 4.69) is 15.2 Å². The van der Waals surface area contributed by atoms with Crippen LogP contribution in [0.2, 0.25) is 0 Å². The number of carbonyl (C=O) groups excluding carboxylic acids is 1. The van der Waals surface area contributed by atoms with E-state index in [1.807, 2.05) is 54.0 Å². The van der Waals surface area contributed by atoms with Gasteiger partial charge in [0, 0.05) is 19.1 Å². The van der Waals surface area contributed by atoms with Gasteiger partial charge in [0.1, 0.15) is 13.2 Å². The fourth-order valence-corrected chi connectivity index (χ4v) is 4.68. The van der Waals surface area contributed by atoms with E-state index in [1.54, 1.807) is 0 Å². The SMILES string of the molecule is C[C@H](NC(=O)CN1CCC(n2c(=O)[nH]c3ccccc32)CC1)c1ccc2c(c1)OCCO2. The predicted molar refractivity (Wildman–Crippen MR) is 121 cm³/mol. The molecule has 1 fully saturated rings. The van der Waals surface area contributed by atoms with E-state index >= 15 is 0 Å². The second kappa shape index (κ2) is 8.70. The largest absolute Gasteiger partial charge is 0.486 e. The summed E-state index contributed by atoms with van der Waals surface area (Å²) in [5.74, 6) is 1.47. The molecule has 168 valence electrons. The first-order valence-corrected chi connectivity index (χ1v) is 11.2. The van der Waals surface area contributed by atoms with Gasteiger partial charge in [0.2, 0.25) is 5.91 Å². The van der Waals surface area contributed by atoms with Crippen molar-refractivity contribution in [1.82, 2.24) is 19.8 Å². The zero-order valence-corrected chi connectivity index (χ0v) is 18.2. The van der Waals surface area contributed by atoms with Gasteiger partial charge in [0.25, 0.3) is 0 Å². The van der Waals surface area contributed by atoms with E-state index < -0.39 is 0 Å². The van der Waals surface area contributed by atoms with Gasteiger partial charge in [-0.05, 0) is 49.6 Å². The number of carbonyl (C=O) groups is 1. The third-order valence-corrected chi connectivity index (χ3v) is 6.36. The van der Waals surface area contributed by atoms with Crippen molar-refractivity contribution in [2.45, 2.75) is 31.8 Å². The number of aromatic amines is 1. The Morgan fingerprint density at radius 2 is 1.88 bits per heavy atom. The molecule has 5 rings (SSSR count). The van der Waals surface area contributed by atoms with Crippen LogP contribution in [0.3, 0.4) is 0 Å². The number of benzene rings is 2. The molecular formula is C24H28N4O4. The van der Waals surface area contributed by atoms with E-state index in [1.165, 1.54) is 0 Å². The first-order valence-electron chi connectivity index (χ1n) is 11.2. The summed E-state index contributed by atoms with van der Waals surface area (Å²) in [5, 5.41) is 3.09. The fourth-order valence-electron chi connectivity index (χ4n) is 4.68. The maximum Gasteiger partial charge on any atom is 0.326 e. The molecule has 0 bridgehead atoms. The lowest BCUT2D eigenvalue weighted by Gasteiger charge is -2.32. The number of imidazole rings is 1. The molecule has 2 N–H and O–H groups in total. The number of amides is 1. The fraction of sp³-hybridized carbons (Fsp3) is 0.417. The lowest BCUT2D eigenvalue weighted by Crippen LogP contribution is -2.43. The van der Waals surface area contributed by atoms with Gasteiger partial charge in [0.15, 0.2) is 11.5 Å². The summed E-state index contributed by atoms with van der Waals surface area (Å²) >= 11 is 0. The minimum atomic E-state index is -0.124. The molecule has 1 amide bonds. The van der Waals surface area contributed by atoms with Crippen LogP contribution in [0, 0.1) is 0 Å². The zero-order valence-electron chi connectivity index (χ0n) is 18.2. The average Bonchev–Trinajstić information content (AvgIpc) is 3.15. The number of fused-ring (bicyclic) bond motifs is 2. The van der Waals surface area contributed by atoms with Crippen molar-refractivity contribution in [1.29, 1.82) is 0 Å². The van der Waals surface area contributed by atoms with Crippen molar-refractivity contribution >= 4 is 16.9 Å². The number of hydrogen-bond donors (Lipinski definition) is 2. The summed E-state index contributed by atoms with van der Waals surface area (Å²) in [5.41, 5.74) is 2.74. The Labute approximate surface area is 186 Å². The second-order valence-electron chi connectivity index (χ2n) is 8.52. The van der Waals surface area contributed by atoms with Crippen molar-refractivity contribution < 1.29 is 14.3 Å². The predicted octanol–water partition coefficient (Wildman–Crippen LogP) is 2.62. The van der Waals surface area contributed by atoms with Gasteiger partial charge in [-0.2, -0.15) is 0 Å². The highest BCUT2D eigenvalue weighted by atomic mass is 16.6. The number of piperidine rings is 1. The Morgan fingerprint density at radius 1 is 1.12 bits per heavy atom. The molecule has 8 nitrogen and oxygen atoms in total. The molecule has 2 aliphatic heterocycles. The Kier molecular flexibility index (Phi) is 5.61. The average molecular weight is 437 g/mol. The Hall–Kier alpha value is -3.26. The summed E-state index contributed by atoms with van der Waals surface area (Å²) < 4.78 is 13.1. The van der Waals surface area contributed by atoms with E-state index in [9.17, 15) is 9.59 Å². The summed E-state index contributed by atoms with van der Waals surface area (Å²) in [6.45, 7) is 4.98. The van der Waals surface area contributed by atoms with Crippen LogP contribution in [0.15, 0.2) is 47.3 Å². The molecule has 2 aliphatic rings. The molecule has 3 heterocycles. The highest BCUT2D eigenvalue weighted by Gasteiger charge is 2.25. The molecule has 0 radical (unpaired) electrons. The number of nitrogens with one attached hydrogen (secondary N) is 2. The summed E-state index contributed by atoms with van der Waals surface area (Å²) in [7, 11) is 0. The molecule has 1 aromatic heterocycles. The molecule has 0 saturated carbocycles. The summed E-state index contributed by atoms with van der Waals surface area (Å²) in [4.78, 5) is 30.2. The van der Waals surface area contributed by atoms with Crippen LogP contribution in [0.4, 0.5) is 0 Å². The number of rotatable bonds is 5. The number of aromatic nitrogens is 2. The van der Waals surface area contributed by atoms with Crippen LogP contribution in [-0.4, -0.2) is 53.2 Å². The van der Waals surface area contributed by atoms with Crippen molar-refractivity contribution in [2.75, 3.05) is 32.8 Å². The number of likely N-dealkylation sites (tertiary alicyclic amines) is 1. The molecule has 2 aromatic carbocycles. The monoisotopic (exact) mass is 436 g/mol. The maximum absolute atomic E-state index is 12.7. The van der Waals surface area contributed by atoms with Crippen molar-refractivity contribution in [2.24, 2.45) is 0 Å². The highest BCUT2D eigenvalue weighted by molar-refractivity contribution is 5.78. The minimum absolute atomic E-state index is 0.00454. The van der Waals surface area contributed by atoms with Gasteiger partial charge in [-0.15, -0.1) is 0 Å². The first-order chi connectivity index (χ1) is 15.6. The van der Waals surface area contributed by atoms with Gasteiger partial charge in [0.05, 0.1) is 23.6 Å². The smallest absolute Gasteiger partial charge is 0.326 e. The summed E-state index contributed by atoms with van der Waals surface area (Å²) in [6, 6.07) is 13.6. The molecule has 32 heavy (non-hydrogen) atoms. The van der Waals surface area contributed by atoms with E-state index in [4.69, 9.17) is 9.47 Å². The molecule has 8 heteroatoms. The number of H-pyrrole nitrogens is 1. The topological polar surface area (TPSA) is 88.6 Å². The first kappa shape index (κ1) is 20.6. The van der Waals surface area contributed by atoms with Gasteiger partial charge < -0.3 is 19.8 Å². The van der Waals surface area contributed by atoms with Crippen LogP contribution < -0.4 is 20.5 Å². The number of para-hydroxylation sites is 2. The lowest BCUT2D eigenvalue weighted by atomic mass is 10.0. The standard InChI is InChI=1S/C24H28N4O4/c1-16(17-6-7-21-22(14-17)32-13-12-31-21)25-23(29)15-27-10-8-18(9-11-27)28-20-5-3-2-4-19(20)26-24(28)30/h2-7,14,16,18H,8-13,15H2,1H3,(H,25,29)(H,26,30)/t16-/m0/s1. The van der Waals surface area contributed by atoms with Crippen molar-refractivity contribution in [3.63, 3.8) is 0 Å². The van der Waals surface area contributed by atoms with E-state index in [0.29, 0.717) is 19.8 Å². The van der Waals surface area contributed by atoms with Crippen LogP contribution in [0.25, 0.3) is 11.0 Å². The second-order valence-corrected chi connectivity index (χ2v) is 8.52. The number of ether oxygens (including phenoxy) is 2. The van der Waals surface area contributed by atoms with Crippen LogP contribution >= 0.6 is 0 Å². The minimum Gasteiger partial charge on any atom is -0.486 e. The maximum atomic E-state index is 12.7. The molecule has 0 aliphatic carbocycles. The molecule has 0 spiro atoms. The lowest BCUT2D eigenvalue weighted by molar-refractivity contribution is -0.123. The van der Waals surface area contributed by atoms with Gasteiger partial charge in [-0.1, -0.05) is 18.2 Å². The molecule has 0 unspecified atom stereocenters. The molecule has 1 saturated heterocycles. The third kappa shape index (κ3) is 4.10. The third-order valence-electron chi connectivity index (χ3n) is 6.36. The Balaban J connectivity index is 1.16. The van der Waals surface area contributed by atoms with E-state index in [-0.39, 0.29) is 23.7 Å². The van der Waals surface area contributed by atoms with E-state index in [0.717, 1.165) is 54.0 Å².